The van der Waals surface area contributed by atoms with Gasteiger partial charge in [-0.25, -0.2) is 0 Å². The molecule has 17 heteroatoms. The minimum atomic E-state index is -8.43. The molecular formula is C7HF16K. The van der Waals surface area contributed by atoms with Crippen molar-refractivity contribution in [2.24, 2.45) is 0 Å². The summed E-state index contributed by atoms with van der Waals surface area (Å²) in [5, 5.41) is 0. The van der Waals surface area contributed by atoms with Crippen LogP contribution in [0.2, 0.25) is 0 Å². The van der Waals surface area contributed by atoms with Crippen molar-refractivity contribution >= 4 is 51.4 Å². The number of alkyl halides is 16. The van der Waals surface area contributed by atoms with Crippen LogP contribution in [0.25, 0.3) is 0 Å². The molecule has 0 aliphatic heterocycles. The maximum atomic E-state index is 12.6. The molecule has 0 nitrogen and oxygen atoms in total. The molecule has 0 bridgehead atoms. The van der Waals surface area contributed by atoms with E-state index in [0.29, 0.717) is 0 Å². The van der Waals surface area contributed by atoms with Gasteiger partial charge in [0.15, 0.2) is 0 Å². The maximum absolute atomic E-state index is 12.6. The summed E-state index contributed by atoms with van der Waals surface area (Å²) in [6, 6.07) is 0. The van der Waals surface area contributed by atoms with Gasteiger partial charge in [0.25, 0.3) is 0 Å². The minimum absolute atomic E-state index is 0. The molecule has 0 aliphatic carbocycles. The second-order valence-corrected chi connectivity index (χ2v) is 3.87. The Bertz CT molecular complexity index is 400. The topological polar surface area (TPSA) is 0 Å². The predicted octanol–water partition coefficient (Wildman–Crippen LogP) is 4.64. The summed E-state index contributed by atoms with van der Waals surface area (Å²) in [5.41, 5.74) is 0. The van der Waals surface area contributed by atoms with Crippen LogP contribution in [-0.2, 0) is 0 Å². The first-order chi connectivity index (χ1) is 9.50. The van der Waals surface area contributed by atoms with E-state index < -0.39 is 42.0 Å². The van der Waals surface area contributed by atoms with Crippen LogP contribution in [0.15, 0.2) is 0 Å². The molecule has 0 saturated carbocycles. The summed E-state index contributed by atoms with van der Waals surface area (Å²) in [5.74, 6) is -41.2. The zero-order chi connectivity index (χ0) is 19.5. The van der Waals surface area contributed by atoms with Crippen molar-refractivity contribution in [3.63, 3.8) is 0 Å². The molecule has 0 radical (unpaired) electrons. The van der Waals surface area contributed by atoms with E-state index in [4.69, 9.17) is 0 Å². The quantitative estimate of drug-likeness (QED) is 0.453. The van der Waals surface area contributed by atoms with Crippen molar-refractivity contribution in [1.29, 1.82) is 0 Å². The average molecular weight is 428 g/mol. The van der Waals surface area contributed by atoms with E-state index in [1.54, 1.807) is 0 Å². The molecule has 0 aromatic heterocycles. The van der Waals surface area contributed by atoms with Crippen LogP contribution < -0.4 is 0 Å². The van der Waals surface area contributed by atoms with Crippen LogP contribution in [0, 0.1) is 0 Å². The van der Waals surface area contributed by atoms with Gasteiger partial charge in [0.2, 0.25) is 0 Å². The number of halogens is 16. The first kappa shape index (κ1) is 26.7. The van der Waals surface area contributed by atoms with Gasteiger partial charge in [-0.3, -0.25) is 0 Å². The molecule has 0 atom stereocenters. The Hall–Kier alpha value is 0.516. The molecule has 0 unspecified atom stereocenters. The van der Waals surface area contributed by atoms with Gasteiger partial charge in [0.05, 0.1) is 0 Å². The van der Waals surface area contributed by atoms with Gasteiger partial charge in [0, 0.05) is 0 Å². The summed E-state index contributed by atoms with van der Waals surface area (Å²) in [7, 11) is 0. The summed E-state index contributed by atoms with van der Waals surface area (Å²) in [6.45, 7) is 0. The Kier molecular flexibility index (Phi) is 7.35. The van der Waals surface area contributed by atoms with Gasteiger partial charge in [0.1, 0.15) is 0 Å². The van der Waals surface area contributed by atoms with E-state index in [2.05, 4.69) is 0 Å². The van der Waals surface area contributed by atoms with E-state index >= 15 is 0 Å². The van der Waals surface area contributed by atoms with Crippen LogP contribution in [-0.4, -0.2) is 93.3 Å². The van der Waals surface area contributed by atoms with E-state index in [1.165, 1.54) is 0 Å². The molecule has 0 spiro atoms. The Labute approximate surface area is 163 Å². The Morgan fingerprint density at radius 2 is 0.375 bits per heavy atom. The second kappa shape index (κ2) is 6.60. The standard InChI is InChI=1S/C7F16.K.H/c8-1(9,2(10,11)4(14,15)6(18,19)20)3(12,13)5(16,17)7(21,22)23;;. The van der Waals surface area contributed by atoms with Crippen molar-refractivity contribution in [2.75, 3.05) is 0 Å². The molecule has 0 fully saturated rings. The first-order valence-corrected chi connectivity index (χ1v) is 4.52. The molecule has 0 aromatic carbocycles. The third-order valence-corrected chi connectivity index (χ3v) is 2.29. The number of hydrogen-bond acceptors (Lipinski definition) is 0. The van der Waals surface area contributed by atoms with Crippen LogP contribution in [0.1, 0.15) is 0 Å². The number of rotatable bonds is 4. The van der Waals surface area contributed by atoms with Gasteiger partial charge in [-0.2, -0.15) is 70.2 Å². The monoisotopic (exact) mass is 428 g/mol. The fourth-order valence-electron chi connectivity index (χ4n) is 0.948. The van der Waals surface area contributed by atoms with Gasteiger partial charge in [-0.15, -0.1) is 0 Å². The molecule has 0 amide bonds. The molecule has 0 aromatic rings. The fraction of sp³-hybridized carbons (Fsp3) is 1.00. The summed E-state index contributed by atoms with van der Waals surface area (Å²) >= 11 is 0. The van der Waals surface area contributed by atoms with Gasteiger partial charge >= 0.3 is 93.3 Å². The van der Waals surface area contributed by atoms with Crippen LogP contribution in [0.4, 0.5) is 70.2 Å². The van der Waals surface area contributed by atoms with Crippen molar-refractivity contribution < 1.29 is 70.2 Å². The van der Waals surface area contributed by atoms with E-state index in [9.17, 15) is 70.2 Å². The van der Waals surface area contributed by atoms with Crippen LogP contribution in [0.5, 0.6) is 0 Å². The third-order valence-electron chi connectivity index (χ3n) is 2.29. The molecule has 24 heavy (non-hydrogen) atoms. The van der Waals surface area contributed by atoms with Gasteiger partial charge < -0.3 is 0 Å². The molecule has 0 N–H and O–H groups in total. The zero-order valence-corrected chi connectivity index (χ0v) is 9.55. The second-order valence-electron chi connectivity index (χ2n) is 3.87. The summed E-state index contributed by atoms with van der Waals surface area (Å²) in [4.78, 5) is 0. The van der Waals surface area contributed by atoms with E-state index in [-0.39, 0.29) is 51.4 Å². The van der Waals surface area contributed by atoms with Crippen molar-refractivity contribution in [2.45, 2.75) is 42.0 Å². The number of hydrogen-bond donors (Lipinski definition) is 0. The van der Waals surface area contributed by atoms with Crippen molar-refractivity contribution in [3.8, 4) is 0 Å². The van der Waals surface area contributed by atoms with Crippen molar-refractivity contribution in [3.05, 3.63) is 0 Å². The normalized spacial score (nSPS) is 16.0. The molecule has 0 saturated heterocycles. The Balaban J connectivity index is 0. The van der Waals surface area contributed by atoms with Crippen LogP contribution >= 0.6 is 0 Å². The van der Waals surface area contributed by atoms with Crippen molar-refractivity contribution in [1.82, 2.24) is 0 Å². The summed E-state index contributed by atoms with van der Waals surface area (Å²) < 4.78 is 193. The Morgan fingerprint density at radius 1 is 0.250 bits per heavy atom. The average Bonchev–Trinajstić information content (AvgIpc) is 2.24. The molecular weight excluding hydrogens is 427 g/mol. The van der Waals surface area contributed by atoms with Gasteiger partial charge in [-0.05, 0) is 0 Å². The third kappa shape index (κ3) is 3.51. The SMILES string of the molecule is FC(F)(F)C(F)(F)C(F)(F)C(F)(F)C(F)(F)C(F)(F)C(F)(F)F.[KH]. The predicted molar refractivity (Wildman–Crippen MR) is 44.0 cm³/mol. The first-order valence-electron chi connectivity index (χ1n) is 4.52. The molecule has 0 heterocycles. The van der Waals surface area contributed by atoms with E-state index in [0.717, 1.165) is 0 Å². The van der Waals surface area contributed by atoms with E-state index in [1.807, 2.05) is 0 Å². The Morgan fingerprint density at radius 3 is 0.500 bits per heavy atom. The zero-order valence-electron chi connectivity index (χ0n) is 9.55. The fourth-order valence-corrected chi connectivity index (χ4v) is 0.948. The van der Waals surface area contributed by atoms with Gasteiger partial charge in [-0.1, -0.05) is 0 Å². The summed E-state index contributed by atoms with van der Waals surface area (Å²) in [6.07, 6.45) is -15.3. The molecule has 0 rings (SSSR count). The van der Waals surface area contributed by atoms with Crippen LogP contribution in [0.3, 0.4) is 0 Å². The molecule has 0 aliphatic rings. The molecule has 142 valence electrons.